The number of aliphatic carboxylic acids is 1. The van der Waals surface area contributed by atoms with Gasteiger partial charge in [-0.15, -0.1) is 0 Å². The molecule has 0 heterocycles. The Hall–Kier alpha value is -5.71. The first-order valence-electron chi connectivity index (χ1n) is 16.4. The number of halogens is 1. The van der Waals surface area contributed by atoms with Crippen molar-refractivity contribution in [3.8, 4) is 17.2 Å². The van der Waals surface area contributed by atoms with Crippen molar-refractivity contribution in [2.45, 2.75) is 52.0 Å². The van der Waals surface area contributed by atoms with Crippen molar-refractivity contribution in [1.29, 1.82) is 0 Å². The fourth-order valence-corrected chi connectivity index (χ4v) is 5.12. The predicted molar refractivity (Wildman–Crippen MR) is 186 cm³/mol. The number of rotatable bonds is 18. The lowest BCUT2D eigenvalue weighted by molar-refractivity contribution is -0.137. The van der Waals surface area contributed by atoms with Crippen molar-refractivity contribution in [3.05, 3.63) is 119 Å². The first-order chi connectivity index (χ1) is 24.1. The number of carbonyl (C=O) groups excluding carboxylic acids is 3. The van der Waals surface area contributed by atoms with E-state index < -0.39 is 30.2 Å². The topological polar surface area (TPSA) is 131 Å². The van der Waals surface area contributed by atoms with Crippen LogP contribution in [0.5, 0.6) is 17.2 Å². The van der Waals surface area contributed by atoms with E-state index in [0.717, 1.165) is 12.8 Å². The van der Waals surface area contributed by atoms with E-state index in [-0.39, 0.29) is 35.9 Å². The van der Waals surface area contributed by atoms with Crippen LogP contribution in [-0.4, -0.2) is 54.0 Å². The van der Waals surface area contributed by atoms with E-state index in [2.05, 4.69) is 12.2 Å². The van der Waals surface area contributed by atoms with Gasteiger partial charge in [0.15, 0.2) is 0 Å². The number of esters is 1. The zero-order valence-electron chi connectivity index (χ0n) is 28.2. The molecule has 0 aliphatic rings. The Labute approximate surface area is 290 Å². The summed E-state index contributed by atoms with van der Waals surface area (Å²) in [6.07, 6.45) is 5.66. The standard InChI is InChI=1S/C39H41FN2O8/c1-3-4-5-6-7-22-49-33-20-13-29(14-21-33)39(47)50-34-18-8-27(9-19-34)25-42(26-37(44)45)38(46)28-11-16-32(17-12-28)41-36(43)23-30-10-15-31(40)24-35(30)48-2/h8-21,24H,3-7,22-23,25-26H2,1-2H3,(H,41,43)(H,44,45). The number of anilines is 1. The smallest absolute Gasteiger partial charge is 0.343 e. The molecule has 262 valence electrons. The van der Waals surface area contributed by atoms with Gasteiger partial charge in [0.1, 0.15) is 29.6 Å². The number of nitrogens with one attached hydrogen (secondary N) is 1. The highest BCUT2D eigenvalue weighted by molar-refractivity contribution is 5.97. The van der Waals surface area contributed by atoms with Gasteiger partial charge in [0, 0.05) is 29.4 Å². The maximum Gasteiger partial charge on any atom is 0.343 e. The van der Waals surface area contributed by atoms with Crippen LogP contribution >= 0.6 is 0 Å². The van der Waals surface area contributed by atoms with Crippen molar-refractivity contribution in [2.24, 2.45) is 0 Å². The first kappa shape index (κ1) is 37.1. The second kappa shape index (κ2) is 18.7. The molecule has 10 nitrogen and oxygen atoms in total. The van der Waals surface area contributed by atoms with Crippen LogP contribution in [0.3, 0.4) is 0 Å². The molecule has 0 bridgehead atoms. The fourth-order valence-electron chi connectivity index (χ4n) is 5.12. The highest BCUT2D eigenvalue weighted by Gasteiger charge is 2.20. The van der Waals surface area contributed by atoms with Crippen molar-refractivity contribution in [2.75, 3.05) is 25.6 Å². The third-order valence-electron chi connectivity index (χ3n) is 7.74. The van der Waals surface area contributed by atoms with Gasteiger partial charge < -0.3 is 29.5 Å². The number of hydrogen-bond donors (Lipinski definition) is 2. The minimum absolute atomic E-state index is 0.0165. The van der Waals surface area contributed by atoms with Crippen LogP contribution in [-0.2, 0) is 22.6 Å². The molecular weight excluding hydrogens is 643 g/mol. The second-order valence-electron chi connectivity index (χ2n) is 11.6. The Morgan fingerprint density at radius 3 is 2.12 bits per heavy atom. The van der Waals surface area contributed by atoms with Gasteiger partial charge in [-0.25, -0.2) is 9.18 Å². The molecule has 0 aliphatic heterocycles. The van der Waals surface area contributed by atoms with Crippen molar-refractivity contribution < 1.29 is 42.9 Å². The van der Waals surface area contributed by atoms with Crippen molar-refractivity contribution in [3.63, 3.8) is 0 Å². The third kappa shape index (κ3) is 11.5. The zero-order valence-corrected chi connectivity index (χ0v) is 28.2. The van der Waals surface area contributed by atoms with Gasteiger partial charge in [0.2, 0.25) is 5.91 Å². The number of amides is 2. The van der Waals surface area contributed by atoms with E-state index in [4.69, 9.17) is 14.2 Å². The number of benzene rings is 4. The average molecular weight is 685 g/mol. The van der Waals surface area contributed by atoms with Gasteiger partial charge >= 0.3 is 11.9 Å². The van der Waals surface area contributed by atoms with Crippen LogP contribution < -0.4 is 19.5 Å². The Morgan fingerprint density at radius 1 is 0.800 bits per heavy atom. The lowest BCUT2D eigenvalue weighted by Gasteiger charge is -2.21. The van der Waals surface area contributed by atoms with Crippen LogP contribution in [0.2, 0.25) is 0 Å². The molecule has 0 saturated heterocycles. The summed E-state index contributed by atoms with van der Waals surface area (Å²) in [5, 5.41) is 12.2. The lowest BCUT2D eigenvalue weighted by Crippen LogP contribution is -2.35. The molecular formula is C39H41FN2O8. The Balaban J connectivity index is 1.30. The first-order valence-corrected chi connectivity index (χ1v) is 16.4. The zero-order chi connectivity index (χ0) is 35.9. The van der Waals surface area contributed by atoms with E-state index in [1.54, 1.807) is 48.5 Å². The number of carboxylic acids is 1. The molecule has 0 aromatic heterocycles. The minimum Gasteiger partial charge on any atom is -0.496 e. The second-order valence-corrected chi connectivity index (χ2v) is 11.6. The van der Waals surface area contributed by atoms with Crippen LogP contribution in [0.4, 0.5) is 10.1 Å². The van der Waals surface area contributed by atoms with E-state index in [1.165, 1.54) is 73.7 Å². The molecule has 4 rings (SSSR count). The van der Waals surface area contributed by atoms with Gasteiger partial charge in [-0.1, -0.05) is 50.8 Å². The van der Waals surface area contributed by atoms with Gasteiger partial charge in [-0.2, -0.15) is 0 Å². The SMILES string of the molecule is CCCCCCCOc1ccc(C(=O)Oc2ccc(CN(CC(=O)O)C(=O)c3ccc(NC(=O)Cc4ccc(F)cc4OC)cc3)cc2)cc1. The monoisotopic (exact) mass is 684 g/mol. The van der Waals surface area contributed by atoms with Crippen LogP contribution in [0.1, 0.15) is 70.9 Å². The summed E-state index contributed by atoms with van der Waals surface area (Å²) in [6, 6.07) is 23.2. The summed E-state index contributed by atoms with van der Waals surface area (Å²) < 4.78 is 29.9. The molecule has 0 spiro atoms. The molecule has 0 fully saturated rings. The molecule has 4 aromatic rings. The largest absolute Gasteiger partial charge is 0.496 e. The summed E-state index contributed by atoms with van der Waals surface area (Å²) in [5.41, 5.74) is 2.13. The molecule has 0 saturated carbocycles. The molecule has 2 N–H and O–H groups in total. The van der Waals surface area contributed by atoms with E-state index in [1.807, 2.05) is 0 Å². The molecule has 2 amide bonds. The number of nitrogens with zero attached hydrogens (tertiary/aromatic N) is 1. The summed E-state index contributed by atoms with van der Waals surface area (Å²) in [4.78, 5) is 51.4. The number of carboxylic acid groups (broad SMARTS) is 1. The number of unbranched alkanes of at least 4 members (excludes halogenated alkanes) is 4. The van der Waals surface area contributed by atoms with Gasteiger partial charge in [-0.05, 0) is 78.7 Å². The highest BCUT2D eigenvalue weighted by atomic mass is 19.1. The predicted octanol–water partition coefficient (Wildman–Crippen LogP) is 7.31. The average Bonchev–Trinajstić information content (AvgIpc) is 3.11. The van der Waals surface area contributed by atoms with Crippen molar-refractivity contribution in [1.82, 2.24) is 4.90 Å². The molecule has 0 radical (unpaired) electrons. The highest BCUT2D eigenvalue weighted by Crippen LogP contribution is 2.22. The van der Waals surface area contributed by atoms with Crippen LogP contribution in [0.25, 0.3) is 0 Å². The molecule has 0 aliphatic carbocycles. The number of carbonyl (C=O) groups is 4. The quantitative estimate of drug-likeness (QED) is 0.0634. The maximum absolute atomic E-state index is 13.5. The van der Waals surface area contributed by atoms with E-state index in [0.29, 0.717) is 34.7 Å². The molecule has 0 unspecified atom stereocenters. The van der Waals surface area contributed by atoms with Gasteiger partial charge in [0.25, 0.3) is 5.91 Å². The normalized spacial score (nSPS) is 10.6. The van der Waals surface area contributed by atoms with Gasteiger partial charge in [0.05, 0.1) is 25.7 Å². The number of methoxy groups -OCH3 is 1. The fraction of sp³-hybridized carbons (Fsp3) is 0.282. The maximum atomic E-state index is 13.5. The minimum atomic E-state index is -1.19. The Kier molecular flexibility index (Phi) is 13.9. The lowest BCUT2D eigenvalue weighted by atomic mass is 10.1. The van der Waals surface area contributed by atoms with Crippen LogP contribution in [0, 0.1) is 5.82 Å². The summed E-state index contributed by atoms with van der Waals surface area (Å²) in [6.45, 7) is 2.23. The number of hydrogen-bond acceptors (Lipinski definition) is 7. The summed E-state index contributed by atoms with van der Waals surface area (Å²) in [7, 11) is 1.39. The van der Waals surface area contributed by atoms with Gasteiger partial charge in [-0.3, -0.25) is 14.4 Å². The summed E-state index contributed by atoms with van der Waals surface area (Å²) >= 11 is 0. The van der Waals surface area contributed by atoms with E-state index in [9.17, 15) is 28.7 Å². The molecule has 11 heteroatoms. The molecule has 0 atom stereocenters. The third-order valence-corrected chi connectivity index (χ3v) is 7.74. The molecule has 4 aromatic carbocycles. The number of ether oxygens (including phenoxy) is 3. The Bertz CT molecular complexity index is 1740. The van der Waals surface area contributed by atoms with Crippen LogP contribution in [0.15, 0.2) is 91.0 Å². The summed E-state index contributed by atoms with van der Waals surface area (Å²) in [5.74, 6) is -1.88. The Morgan fingerprint density at radius 2 is 1.46 bits per heavy atom. The van der Waals surface area contributed by atoms with Crippen molar-refractivity contribution >= 4 is 29.4 Å². The molecule has 50 heavy (non-hydrogen) atoms. The van der Waals surface area contributed by atoms with E-state index >= 15 is 0 Å².